The Morgan fingerprint density at radius 1 is 1.08 bits per heavy atom. The molecule has 0 unspecified atom stereocenters. The number of fused-ring (bicyclic) bond motifs is 3. The molecule has 0 spiro atoms. The summed E-state index contributed by atoms with van der Waals surface area (Å²) in [7, 11) is 0. The lowest BCUT2D eigenvalue weighted by Crippen LogP contribution is -2.59. The summed E-state index contributed by atoms with van der Waals surface area (Å²) in [5, 5.41) is 9.36. The number of benzene rings is 2. The van der Waals surface area contributed by atoms with Gasteiger partial charge in [0.05, 0.1) is 0 Å². The van der Waals surface area contributed by atoms with Crippen LogP contribution in [0.4, 0.5) is 0 Å². The number of hydrogen-bond acceptors (Lipinski definition) is 4. The van der Waals surface area contributed by atoms with Gasteiger partial charge in [0.2, 0.25) is 5.54 Å². The first-order valence-electron chi connectivity index (χ1n) is 8.25. The first-order valence-corrected chi connectivity index (χ1v) is 8.25. The molecule has 0 aliphatic heterocycles. The third-order valence-corrected chi connectivity index (χ3v) is 4.95. The number of carboxylic acid groups (broad SMARTS) is 1. The average molecular weight is 339 g/mol. The number of rotatable bonds is 5. The van der Waals surface area contributed by atoms with Crippen LogP contribution in [0.2, 0.25) is 0 Å². The molecule has 2 aromatic rings. The summed E-state index contributed by atoms with van der Waals surface area (Å²) in [4.78, 5) is 23.9. The molecule has 0 fully saturated rings. The van der Waals surface area contributed by atoms with Gasteiger partial charge in [0.25, 0.3) is 0 Å². The van der Waals surface area contributed by atoms with Crippen LogP contribution in [0.15, 0.2) is 48.5 Å². The third-order valence-electron chi connectivity index (χ3n) is 4.95. The van der Waals surface area contributed by atoms with Crippen LogP contribution >= 0.6 is 0 Å². The first-order chi connectivity index (χ1) is 11.9. The molecule has 25 heavy (non-hydrogen) atoms. The van der Waals surface area contributed by atoms with Gasteiger partial charge in [-0.3, -0.25) is 0 Å². The molecule has 0 aromatic heterocycles. The van der Waals surface area contributed by atoms with Crippen molar-refractivity contribution in [1.82, 2.24) is 0 Å². The zero-order valence-electron chi connectivity index (χ0n) is 14.2. The minimum Gasteiger partial charge on any atom is -0.479 e. The van der Waals surface area contributed by atoms with Crippen molar-refractivity contribution in [2.24, 2.45) is 11.7 Å². The highest BCUT2D eigenvalue weighted by molar-refractivity contribution is 6.04. The van der Waals surface area contributed by atoms with Crippen molar-refractivity contribution in [3.63, 3.8) is 0 Å². The number of esters is 1. The zero-order valence-corrected chi connectivity index (χ0v) is 14.2. The molecule has 0 amide bonds. The van der Waals surface area contributed by atoms with E-state index in [-0.39, 0.29) is 12.5 Å². The van der Waals surface area contributed by atoms with E-state index in [1.807, 2.05) is 48.5 Å². The fourth-order valence-electron chi connectivity index (χ4n) is 3.29. The maximum absolute atomic E-state index is 12.4. The standard InChI is InChI=1S/C20H21NO4/c1-12(2)20(21,18(22)23)19(24)25-11-17-15-9-5-3-7-13(15)14-8-4-6-10-16(14)17/h3-10,12,17H,11,21H2,1-2H3,(H,22,23)/t20-/m1/s1. The number of carbonyl (C=O) groups is 2. The van der Waals surface area contributed by atoms with Gasteiger partial charge in [0.15, 0.2) is 0 Å². The van der Waals surface area contributed by atoms with E-state index >= 15 is 0 Å². The lowest BCUT2D eigenvalue weighted by Gasteiger charge is -2.27. The second-order valence-electron chi connectivity index (χ2n) is 6.65. The van der Waals surface area contributed by atoms with Crippen LogP contribution in [0, 0.1) is 5.92 Å². The van der Waals surface area contributed by atoms with Crippen molar-refractivity contribution in [1.29, 1.82) is 0 Å². The Morgan fingerprint density at radius 3 is 2.00 bits per heavy atom. The van der Waals surface area contributed by atoms with Gasteiger partial charge >= 0.3 is 11.9 Å². The zero-order chi connectivity index (χ0) is 18.2. The van der Waals surface area contributed by atoms with E-state index < -0.39 is 23.4 Å². The Kier molecular flexibility index (Phi) is 4.35. The van der Waals surface area contributed by atoms with E-state index in [4.69, 9.17) is 10.5 Å². The monoisotopic (exact) mass is 339 g/mol. The minimum atomic E-state index is -2.04. The summed E-state index contributed by atoms with van der Waals surface area (Å²) >= 11 is 0. The quantitative estimate of drug-likeness (QED) is 0.646. The van der Waals surface area contributed by atoms with Gasteiger partial charge in [0.1, 0.15) is 6.61 Å². The van der Waals surface area contributed by atoms with E-state index in [1.165, 1.54) is 0 Å². The van der Waals surface area contributed by atoms with Crippen LogP contribution in [-0.2, 0) is 14.3 Å². The predicted octanol–water partition coefficient (Wildman–Crippen LogP) is 2.78. The number of aliphatic carboxylic acids is 1. The van der Waals surface area contributed by atoms with Gasteiger partial charge in [-0.05, 0) is 28.2 Å². The van der Waals surface area contributed by atoms with Gasteiger partial charge in [-0.15, -0.1) is 0 Å². The Morgan fingerprint density at radius 2 is 1.56 bits per heavy atom. The largest absolute Gasteiger partial charge is 0.479 e. The molecule has 130 valence electrons. The van der Waals surface area contributed by atoms with Crippen molar-refractivity contribution in [2.45, 2.75) is 25.3 Å². The van der Waals surface area contributed by atoms with Crippen molar-refractivity contribution in [3.05, 3.63) is 59.7 Å². The lowest BCUT2D eigenvalue weighted by atomic mass is 9.87. The number of carboxylic acids is 1. The van der Waals surface area contributed by atoms with Crippen molar-refractivity contribution >= 4 is 11.9 Å². The molecule has 3 rings (SSSR count). The maximum Gasteiger partial charge on any atom is 0.338 e. The van der Waals surface area contributed by atoms with E-state index in [0.717, 1.165) is 22.3 Å². The number of ether oxygens (including phenoxy) is 1. The van der Waals surface area contributed by atoms with Crippen LogP contribution in [0.5, 0.6) is 0 Å². The van der Waals surface area contributed by atoms with E-state index in [1.54, 1.807) is 13.8 Å². The molecule has 0 bridgehead atoms. The molecule has 0 heterocycles. The molecule has 0 radical (unpaired) electrons. The third kappa shape index (κ3) is 2.70. The first kappa shape index (κ1) is 17.2. The second kappa shape index (κ2) is 6.33. The van der Waals surface area contributed by atoms with Crippen molar-refractivity contribution in [2.75, 3.05) is 6.61 Å². The second-order valence-corrected chi connectivity index (χ2v) is 6.65. The SMILES string of the molecule is CC(C)[C@@](N)(C(=O)O)C(=O)OCC1c2ccccc2-c2ccccc21. The molecule has 5 heteroatoms. The Bertz CT molecular complexity index is 784. The molecule has 5 nitrogen and oxygen atoms in total. The van der Waals surface area contributed by atoms with Gasteiger partial charge in [0, 0.05) is 5.92 Å². The molecule has 0 saturated heterocycles. The van der Waals surface area contributed by atoms with Crippen molar-refractivity contribution in [3.8, 4) is 11.1 Å². The average Bonchev–Trinajstić information content (AvgIpc) is 2.92. The summed E-state index contributed by atoms with van der Waals surface area (Å²) in [6, 6.07) is 15.9. The highest BCUT2D eigenvalue weighted by Crippen LogP contribution is 2.44. The molecule has 3 N–H and O–H groups in total. The Balaban J connectivity index is 1.87. The fraction of sp³-hybridized carbons (Fsp3) is 0.300. The van der Waals surface area contributed by atoms with Crippen LogP contribution < -0.4 is 5.73 Å². The summed E-state index contributed by atoms with van der Waals surface area (Å²) < 4.78 is 5.38. The highest BCUT2D eigenvalue weighted by atomic mass is 16.5. The summed E-state index contributed by atoms with van der Waals surface area (Å²) in [6.07, 6.45) is 0. The molecular weight excluding hydrogens is 318 g/mol. The van der Waals surface area contributed by atoms with E-state index in [0.29, 0.717) is 0 Å². The molecule has 1 aliphatic carbocycles. The van der Waals surface area contributed by atoms with Crippen LogP contribution in [0.3, 0.4) is 0 Å². The smallest absolute Gasteiger partial charge is 0.338 e. The van der Waals surface area contributed by atoms with E-state index in [9.17, 15) is 14.7 Å². The molecule has 1 aliphatic rings. The van der Waals surface area contributed by atoms with Crippen LogP contribution in [-0.4, -0.2) is 29.2 Å². The fourth-order valence-corrected chi connectivity index (χ4v) is 3.29. The predicted molar refractivity (Wildman–Crippen MR) is 94.1 cm³/mol. The normalized spacial score (nSPS) is 15.4. The van der Waals surface area contributed by atoms with Gasteiger partial charge in [-0.2, -0.15) is 0 Å². The van der Waals surface area contributed by atoms with Gasteiger partial charge in [-0.25, -0.2) is 9.59 Å². The van der Waals surface area contributed by atoms with Crippen molar-refractivity contribution < 1.29 is 19.4 Å². The molecule has 2 aromatic carbocycles. The highest BCUT2D eigenvalue weighted by Gasteiger charge is 2.47. The summed E-state index contributed by atoms with van der Waals surface area (Å²) in [6.45, 7) is 3.25. The Hall–Kier alpha value is -2.66. The topological polar surface area (TPSA) is 89.6 Å². The molecule has 1 atom stereocenters. The maximum atomic E-state index is 12.4. The Labute approximate surface area is 146 Å². The van der Waals surface area contributed by atoms with Gasteiger partial charge < -0.3 is 15.6 Å². The lowest BCUT2D eigenvalue weighted by molar-refractivity contribution is -0.163. The number of carbonyl (C=O) groups excluding carboxylic acids is 1. The summed E-state index contributed by atoms with van der Waals surface area (Å²) in [5.74, 6) is -2.99. The molecular formula is C20H21NO4. The van der Waals surface area contributed by atoms with Crippen LogP contribution in [0.1, 0.15) is 30.9 Å². The van der Waals surface area contributed by atoms with Gasteiger partial charge in [-0.1, -0.05) is 62.4 Å². The molecule has 0 saturated carbocycles. The van der Waals surface area contributed by atoms with Crippen LogP contribution in [0.25, 0.3) is 11.1 Å². The van der Waals surface area contributed by atoms with E-state index in [2.05, 4.69) is 0 Å². The number of nitrogens with two attached hydrogens (primary N) is 1. The summed E-state index contributed by atoms with van der Waals surface area (Å²) in [5.41, 5.74) is 8.14. The number of hydrogen-bond donors (Lipinski definition) is 2. The minimum absolute atomic E-state index is 0.0613.